The monoisotopic (exact) mass is 340 g/mol. The summed E-state index contributed by atoms with van der Waals surface area (Å²) in [6, 6.07) is 0. The molecule has 0 bridgehead atoms. The number of aliphatic carboxylic acids is 2. The van der Waals surface area contributed by atoms with Crippen LogP contribution in [0, 0.1) is 11.8 Å². The van der Waals surface area contributed by atoms with Crippen LogP contribution in [-0.2, 0) is 36.9 Å². The summed E-state index contributed by atoms with van der Waals surface area (Å²) in [4.78, 5) is 20.2. The first kappa shape index (κ1) is 16.9. The van der Waals surface area contributed by atoms with E-state index in [4.69, 9.17) is 0 Å². The Hall–Kier alpha value is -0.138. The zero-order chi connectivity index (χ0) is 12.0. The minimum Gasteiger partial charge on any atom is -0.550 e. The van der Waals surface area contributed by atoms with E-state index in [0.717, 1.165) is 51.4 Å². The molecule has 17 heavy (non-hydrogen) atoms. The zero-order valence-corrected chi connectivity index (χ0v) is 14.2. The van der Waals surface area contributed by atoms with Crippen LogP contribution in [0.25, 0.3) is 0 Å². The molecule has 2 saturated carbocycles. The molecule has 2 aliphatic rings. The molecule has 0 saturated heterocycles. The maximum atomic E-state index is 10.1. The van der Waals surface area contributed by atoms with Crippen LogP contribution in [-0.4, -0.2) is 11.9 Å². The number of hydrogen-bond acceptors (Lipinski definition) is 4. The number of carbonyl (C=O) groups is 2. The summed E-state index contributed by atoms with van der Waals surface area (Å²) < 4.78 is 0. The first-order valence-corrected chi connectivity index (χ1v) is 6.03. The van der Waals surface area contributed by atoms with Gasteiger partial charge in [-0.15, -0.1) is 0 Å². The van der Waals surface area contributed by atoms with E-state index in [2.05, 4.69) is 0 Å². The SMILES string of the molecule is O=C([O-])C1CCCC1.O=C([O-])C1CCCC1.[Cd+2]. The average Bonchev–Trinajstić information content (AvgIpc) is 2.93. The average molecular weight is 339 g/mol. The smallest absolute Gasteiger partial charge is 0.550 e. The molecule has 2 fully saturated rings. The third kappa shape index (κ3) is 6.38. The number of carboxylic acid groups (broad SMARTS) is 2. The Morgan fingerprint density at radius 1 is 0.706 bits per heavy atom. The Balaban J connectivity index is 0.000000284. The van der Waals surface area contributed by atoms with Crippen molar-refractivity contribution in [3.05, 3.63) is 0 Å². The molecule has 0 aromatic heterocycles. The van der Waals surface area contributed by atoms with E-state index in [9.17, 15) is 19.8 Å². The molecule has 0 spiro atoms. The van der Waals surface area contributed by atoms with Crippen molar-refractivity contribution in [3.8, 4) is 0 Å². The van der Waals surface area contributed by atoms with Gasteiger partial charge >= 0.3 is 27.3 Å². The largest absolute Gasteiger partial charge is 2.00 e. The number of carbonyl (C=O) groups excluding carboxylic acids is 2. The predicted octanol–water partition coefficient (Wildman–Crippen LogP) is -0.150. The van der Waals surface area contributed by atoms with Gasteiger partial charge in [0.25, 0.3) is 0 Å². The minimum atomic E-state index is -0.859. The topological polar surface area (TPSA) is 80.3 Å². The molecule has 4 nitrogen and oxygen atoms in total. The Morgan fingerprint density at radius 3 is 1.06 bits per heavy atom. The van der Waals surface area contributed by atoms with Crippen LogP contribution >= 0.6 is 0 Å². The standard InChI is InChI=1S/2C6H10O2.Cd/c2*7-6(8)5-3-1-2-4-5;/h2*5H,1-4H2,(H,7,8);/q;;+2/p-2. The van der Waals surface area contributed by atoms with Gasteiger partial charge in [-0.1, -0.05) is 25.7 Å². The molecule has 0 heterocycles. The van der Waals surface area contributed by atoms with E-state index in [1.807, 2.05) is 0 Å². The van der Waals surface area contributed by atoms with Crippen molar-refractivity contribution >= 4 is 11.9 Å². The van der Waals surface area contributed by atoms with Crippen molar-refractivity contribution in [2.45, 2.75) is 51.4 Å². The molecule has 5 heteroatoms. The zero-order valence-electron chi connectivity index (χ0n) is 10.2. The van der Waals surface area contributed by atoms with E-state index >= 15 is 0 Å². The molecule has 0 amide bonds. The third-order valence-corrected chi connectivity index (χ3v) is 3.38. The second-order valence-electron chi connectivity index (χ2n) is 4.60. The Kier molecular flexibility index (Phi) is 8.81. The van der Waals surface area contributed by atoms with E-state index < -0.39 is 11.9 Å². The normalized spacial score (nSPS) is 20.2. The van der Waals surface area contributed by atoms with Crippen LogP contribution in [0.5, 0.6) is 0 Å². The van der Waals surface area contributed by atoms with E-state index in [0.29, 0.717) is 0 Å². The summed E-state index contributed by atoms with van der Waals surface area (Å²) in [7, 11) is 0. The maximum absolute atomic E-state index is 10.1. The molecular weight excluding hydrogens is 321 g/mol. The summed E-state index contributed by atoms with van der Waals surface area (Å²) in [5.74, 6) is -1.98. The molecule has 0 aromatic rings. The van der Waals surface area contributed by atoms with Crippen molar-refractivity contribution < 1.29 is 47.1 Å². The number of rotatable bonds is 2. The molecule has 92 valence electrons. The van der Waals surface area contributed by atoms with Crippen molar-refractivity contribution in [2.75, 3.05) is 0 Å². The third-order valence-electron chi connectivity index (χ3n) is 3.38. The number of carboxylic acids is 2. The minimum absolute atomic E-state index is 0. The quantitative estimate of drug-likeness (QED) is 0.656. The van der Waals surface area contributed by atoms with E-state index in [-0.39, 0.29) is 39.1 Å². The Morgan fingerprint density at radius 2 is 0.941 bits per heavy atom. The molecule has 0 aliphatic heterocycles. The summed E-state index contributed by atoms with van der Waals surface area (Å²) in [6.45, 7) is 0. The van der Waals surface area contributed by atoms with Crippen molar-refractivity contribution in [1.82, 2.24) is 0 Å². The van der Waals surface area contributed by atoms with Crippen LogP contribution in [0.2, 0.25) is 0 Å². The molecule has 0 N–H and O–H groups in total. The predicted molar refractivity (Wildman–Crippen MR) is 53.9 cm³/mol. The van der Waals surface area contributed by atoms with Crippen molar-refractivity contribution in [2.24, 2.45) is 11.8 Å². The van der Waals surface area contributed by atoms with Crippen LogP contribution < -0.4 is 10.2 Å². The van der Waals surface area contributed by atoms with Crippen molar-refractivity contribution in [3.63, 3.8) is 0 Å². The van der Waals surface area contributed by atoms with Crippen LogP contribution in [0.15, 0.2) is 0 Å². The van der Waals surface area contributed by atoms with Gasteiger partial charge in [-0.05, 0) is 37.5 Å². The summed E-state index contributed by atoms with van der Waals surface area (Å²) in [5.41, 5.74) is 0. The maximum Gasteiger partial charge on any atom is 2.00 e. The van der Waals surface area contributed by atoms with Gasteiger partial charge < -0.3 is 19.8 Å². The van der Waals surface area contributed by atoms with Crippen LogP contribution in [0.4, 0.5) is 0 Å². The molecule has 0 unspecified atom stereocenters. The summed E-state index contributed by atoms with van der Waals surface area (Å²) in [5, 5.41) is 20.2. The first-order valence-electron chi connectivity index (χ1n) is 6.03. The van der Waals surface area contributed by atoms with Crippen LogP contribution in [0.3, 0.4) is 0 Å². The van der Waals surface area contributed by atoms with E-state index in [1.165, 1.54) is 0 Å². The van der Waals surface area contributed by atoms with Gasteiger partial charge in [0.15, 0.2) is 0 Å². The summed E-state index contributed by atoms with van der Waals surface area (Å²) >= 11 is 0. The summed E-state index contributed by atoms with van der Waals surface area (Å²) in [6.07, 6.45) is 7.61. The van der Waals surface area contributed by atoms with E-state index in [1.54, 1.807) is 0 Å². The molecule has 0 atom stereocenters. The van der Waals surface area contributed by atoms with Gasteiger partial charge in [0.05, 0.1) is 0 Å². The fourth-order valence-corrected chi connectivity index (χ4v) is 2.32. The van der Waals surface area contributed by atoms with Gasteiger partial charge in [-0.3, -0.25) is 0 Å². The second kappa shape index (κ2) is 8.88. The van der Waals surface area contributed by atoms with Crippen molar-refractivity contribution in [1.29, 1.82) is 0 Å². The molecular formula is C12H18CdO4. The molecule has 2 rings (SSSR count). The van der Waals surface area contributed by atoms with Gasteiger partial charge in [-0.2, -0.15) is 0 Å². The van der Waals surface area contributed by atoms with Gasteiger partial charge in [0, 0.05) is 11.9 Å². The molecule has 2 aliphatic carbocycles. The first-order chi connectivity index (χ1) is 7.61. The van der Waals surface area contributed by atoms with Gasteiger partial charge in [-0.25, -0.2) is 0 Å². The van der Waals surface area contributed by atoms with Gasteiger partial charge in [0.1, 0.15) is 0 Å². The Labute approximate surface area is 122 Å². The van der Waals surface area contributed by atoms with Crippen LogP contribution in [0.1, 0.15) is 51.4 Å². The number of hydrogen-bond donors (Lipinski definition) is 0. The second-order valence-corrected chi connectivity index (χ2v) is 4.60. The molecule has 0 aromatic carbocycles. The molecule has 0 radical (unpaired) electrons. The van der Waals surface area contributed by atoms with Gasteiger partial charge in [0.2, 0.25) is 0 Å². The Bertz CT molecular complexity index is 217. The fraction of sp³-hybridized carbons (Fsp3) is 0.833. The fourth-order valence-electron chi connectivity index (χ4n) is 2.32.